The molecule has 1 saturated heterocycles. The Balaban J connectivity index is 1.73. The zero-order chi connectivity index (χ0) is 19.8. The van der Waals surface area contributed by atoms with Crippen molar-refractivity contribution in [2.45, 2.75) is 12.3 Å². The smallest absolute Gasteiger partial charge is 0.256 e. The number of carbonyl (C=O) groups excluding carboxylic acids is 1. The van der Waals surface area contributed by atoms with Crippen LogP contribution in [-0.4, -0.2) is 39.0 Å². The van der Waals surface area contributed by atoms with E-state index in [1.54, 1.807) is 4.90 Å². The van der Waals surface area contributed by atoms with E-state index in [9.17, 15) is 19.1 Å². The Kier molecular flexibility index (Phi) is 4.43. The van der Waals surface area contributed by atoms with Crippen LogP contribution >= 0.6 is 0 Å². The molecule has 0 aliphatic carbocycles. The molecule has 0 spiro atoms. The lowest BCUT2D eigenvalue weighted by atomic mass is 10.0. The van der Waals surface area contributed by atoms with Crippen LogP contribution in [0, 0.1) is 5.82 Å². The number of carbonyl (C=O) groups is 1. The van der Waals surface area contributed by atoms with Crippen LogP contribution in [0.1, 0.15) is 18.0 Å². The van der Waals surface area contributed by atoms with E-state index < -0.39 is 5.82 Å². The van der Waals surface area contributed by atoms with Crippen molar-refractivity contribution in [3.8, 4) is 17.0 Å². The predicted octanol–water partition coefficient (Wildman–Crippen LogP) is 2.94. The fraction of sp³-hybridized carbons (Fsp3) is 0.190. The van der Waals surface area contributed by atoms with E-state index in [-0.39, 0.29) is 34.4 Å². The van der Waals surface area contributed by atoms with Crippen LogP contribution < -0.4 is 5.56 Å². The van der Waals surface area contributed by atoms with Crippen molar-refractivity contribution in [2.75, 3.05) is 13.1 Å². The van der Waals surface area contributed by atoms with E-state index in [1.807, 2.05) is 6.07 Å². The average molecular weight is 379 g/mol. The van der Waals surface area contributed by atoms with Gasteiger partial charge in [0.2, 0.25) is 5.91 Å². The van der Waals surface area contributed by atoms with Crippen LogP contribution in [0.5, 0.6) is 5.75 Å². The molecule has 1 aliphatic heterocycles. The normalized spacial score (nSPS) is 16.5. The highest BCUT2D eigenvalue weighted by atomic mass is 19.1. The van der Waals surface area contributed by atoms with Gasteiger partial charge in [-0.1, -0.05) is 12.6 Å². The number of fused-ring (bicyclic) bond motifs is 1. The molecule has 0 saturated carbocycles. The van der Waals surface area contributed by atoms with Crippen molar-refractivity contribution >= 4 is 16.7 Å². The quantitative estimate of drug-likeness (QED) is 0.685. The standard InChI is InChI=1S/C21H18FN3O3/c1-2-19(27)25-7-6-12(11-25)16-8-13-10-23-17(9-14(13)21(28)24-16)20-15(22)4-3-5-18(20)26/h2-5,8-10,12,26H,1,6-7,11H2,(H,24,28). The maximum absolute atomic E-state index is 14.1. The molecule has 1 aliphatic rings. The van der Waals surface area contributed by atoms with Gasteiger partial charge in [-0.15, -0.1) is 0 Å². The molecule has 1 unspecified atom stereocenters. The molecule has 3 heterocycles. The maximum atomic E-state index is 14.1. The van der Waals surface area contributed by atoms with Gasteiger partial charge in [-0.2, -0.15) is 0 Å². The zero-order valence-electron chi connectivity index (χ0n) is 15.0. The minimum absolute atomic E-state index is 0.0243. The topological polar surface area (TPSA) is 86.3 Å². The Morgan fingerprint density at radius 1 is 1.39 bits per heavy atom. The molecule has 2 aromatic heterocycles. The highest BCUT2D eigenvalue weighted by Crippen LogP contribution is 2.32. The van der Waals surface area contributed by atoms with Gasteiger partial charge >= 0.3 is 0 Å². The molecule has 3 aromatic rings. The summed E-state index contributed by atoms with van der Waals surface area (Å²) < 4.78 is 14.1. The molecule has 7 heteroatoms. The summed E-state index contributed by atoms with van der Waals surface area (Å²) in [7, 11) is 0. The van der Waals surface area contributed by atoms with E-state index in [4.69, 9.17) is 0 Å². The van der Waals surface area contributed by atoms with E-state index in [1.165, 1.54) is 36.5 Å². The second kappa shape index (κ2) is 6.92. The molecule has 2 N–H and O–H groups in total. The first kappa shape index (κ1) is 17.9. The lowest BCUT2D eigenvalue weighted by Crippen LogP contribution is -2.26. The van der Waals surface area contributed by atoms with Gasteiger partial charge in [-0.05, 0) is 36.8 Å². The van der Waals surface area contributed by atoms with Crippen molar-refractivity contribution in [2.24, 2.45) is 0 Å². The van der Waals surface area contributed by atoms with Gasteiger partial charge in [0.15, 0.2) is 0 Å². The third-order valence-electron chi connectivity index (χ3n) is 5.11. The molecule has 1 aromatic carbocycles. The number of rotatable bonds is 3. The maximum Gasteiger partial charge on any atom is 0.256 e. The number of hydrogen-bond donors (Lipinski definition) is 2. The molecular weight excluding hydrogens is 361 g/mol. The van der Waals surface area contributed by atoms with Crippen LogP contribution in [0.3, 0.4) is 0 Å². The molecule has 0 radical (unpaired) electrons. The van der Waals surface area contributed by atoms with Gasteiger partial charge in [-0.25, -0.2) is 4.39 Å². The predicted molar refractivity (Wildman–Crippen MR) is 104 cm³/mol. The van der Waals surface area contributed by atoms with E-state index in [0.717, 1.165) is 12.1 Å². The molecule has 0 bridgehead atoms. The van der Waals surface area contributed by atoms with Crippen molar-refractivity contribution in [3.05, 3.63) is 71.0 Å². The molecule has 4 rings (SSSR count). The minimum atomic E-state index is -0.613. The zero-order valence-corrected chi connectivity index (χ0v) is 15.0. The molecule has 1 fully saturated rings. The highest BCUT2D eigenvalue weighted by Gasteiger charge is 2.27. The van der Waals surface area contributed by atoms with Gasteiger partial charge in [0.25, 0.3) is 5.56 Å². The first-order chi connectivity index (χ1) is 13.5. The van der Waals surface area contributed by atoms with Gasteiger partial charge in [0.1, 0.15) is 11.6 Å². The number of nitrogens with one attached hydrogen (secondary N) is 1. The summed E-state index contributed by atoms with van der Waals surface area (Å²) in [6, 6.07) is 7.30. The van der Waals surface area contributed by atoms with Crippen LogP contribution in [-0.2, 0) is 4.79 Å². The monoisotopic (exact) mass is 379 g/mol. The Morgan fingerprint density at radius 2 is 2.21 bits per heavy atom. The molecule has 1 atom stereocenters. The number of benzene rings is 1. The number of phenolic OH excluding ortho intramolecular Hbond substituents is 1. The average Bonchev–Trinajstić information content (AvgIpc) is 3.18. The SMILES string of the molecule is C=CC(=O)N1CCC(c2cc3cnc(-c4c(O)cccc4F)cc3c(=O)[nH]2)C1. The highest BCUT2D eigenvalue weighted by molar-refractivity contribution is 5.87. The number of aromatic nitrogens is 2. The molecule has 142 valence electrons. The van der Waals surface area contributed by atoms with E-state index in [0.29, 0.717) is 23.9 Å². The van der Waals surface area contributed by atoms with Crippen molar-refractivity contribution in [1.29, 1.82) is 0 Å². The second-order valence-corrected chi connectivity index (χ2v) is 6.82. The lowest BCUT2D eigenvalue weighted by molar-refractivity contribution is -0.125. The summed E-state index contributed by atoms with van der Waals surface area (Å²) >= 11 is 0. The number of aromatic hydroxyl groups is 1. The fourth-order valence-electron chi connectivity index (χ4n) is 3.65. The van der Waals surface area contributed by atoms with Crippen molar-refractivity contribution in [3.63, 3.8) is 0 Å². The number of nitrogens with zero attached hydrogens (tertiary/aromatic N) is 2. The third-order valence-corrected chi connectivity index (χ3v) is 5.11. The lowest BCUT2D eigenvalue weighted by Gasteiger charge is -2.14. The summed E-state index contributed by atoms with van der Waals surface area (Å²) in [5, 5.41) is 10.9. The van der Waals surface area contributed by atoms with Gasteiger partial charge in [-0.3, -0.25) is 14.6 Å². The molecular formula is C21H18FN3O3. The third kappa shape index (κ3) is 3.05. The summed E-state index contributed by atoms with van der Waals surface area (Å²) in [4.78, 5) is 33.2. The molecule has 28 heavy (non-hydrogen) atoms. The number of amides is 1. The number of likely N-dealkylation sites (tertiary alicyclic amines) is 1. The fourth-order valence-corrected chi connectivity index (χ4v) is 3.65. The summed E-state index contributed by atoms with van der Waals surface area (Å²) in [6.45, 7) is 4.63. The van der Waals surface area contributed by atoms with Crippen LogP contribution in [0.25, 0.3) is 22.0 Å². The first-order valence-electron chi connectivity index (χ1n) is 8.90. The van der Waals surface area contributed by atoms with Crippen LogP contribution in [0.4, 0.5) is 4.39 Å². The first-order valence-corrected chi connectivity index (χ1v) is 8.90. The molecule has 1 amide bonds. The number of halogens is 1. The van der Waals surface area contributed by atoms with Crippen molar-refractivity contribution in [1.82, 2.24) is 14.9 Å². The Hall–Kier alpha value is -3.48. The second-order valence-electron chi connectivity index (χ2n) is 6.82. The largest absolute Gasteiger partial charge is 0.507 e. The Bertz CT molecular complexity index is 1140. The van der Waals surface area contributed by atoms with Crippen LogP contribution in [0.2, 0.25) is 0 Å². The van der Waals surface area contributed by atoms with Gasteiger partial charge < -0.3 is 15.0 Å². The summed E-state index contributed by atoms with van der Waals surface area (Å²) in [6.07, 6.45) is 3.53. The summed E-state index contributed by atoms with van der Waals surface area (Å²) in [5.41, 5.74) is 0.563. The Labute approximate surface area is 160 Å². The minimum Gasteiger partial charge on any atom is -0.507 e. The van der Waals surface area contributed by atoms with Gasteiger partial charge in [0, 0.05) is 36.3 Å². The summed E-state index contributed by atoms with van der Waals surface area (Å²) in [5.74, 6) is -0.950. The Morgan fingerprint density at radius 3 is 2.96 bits per heavy atom. The van der Waals surface area contributed by atoms with Gasteiger partial charge in [0.05, 0.1) is 16.6 Å². The number of pyridine rings is 2. The molecule has 6 nitrogen and oxygen atoms in total. The number of H-pyrrole nitrogens is 1. The van der Waals surface area contributed by atoms with Crippen molar-refractivity contribution < 1.29 is 14.3 Å². The number of aromatic amines is 1. The van der Waals surface area contributed by atoms with Crippen LogP contribution in [0.15, 0.2) is 54.0 Å². The number of hydrogen-bond acceptors (Lipinski definition) is 4. The van der Waals surface area contributed by atoms with E-state index >= 15 is 0 Å². The van der Waals surface area contributed by atoms with E-state index in [2.05, 4.69) is 16.5 Å². The number of phenols is 1.